The van der Waals surface area contributed by atoms with Gasteiger partial charge in [-0.25, -0.2) is 0 Å². The van der Waals surface area contributed by atoms with Crippen LogP contribution < -0.4 is 14.8 Å². The van der Waals surface area contributed by atoms with Gasteiger partial charge in [-0.15, -0.1) is 0 Å². The van der Waals surface area contributed by atoms with Gasteiger partial charge in [-0.3, -0.25) is 4.79 Å². The highest BCUT2D eigenvalue weighted by atomic mass is 16.7. The van der Waals surface area contributed by atoms with Crippen molar-refractivity contribution in [2.24, 2.45) is 0 Å². The van der Waals surface area contributed by atoms with E-state index < -0.39 is 0 Å². The molecule has 3 aromatic carbocycles. The van der Waals surface area contributed by atoms with E-state index in [2.05, 4.69) is 5.32 Å². The topological polar surface area (TPSA) is 47.6 Å². The fourth-order valence-corrected chi connectivity index (χ4v) is 3.20. The zero-order valence-corrected chi connectivity index (χ0v) is 15.6. The Morgan fingerprint density at radius 3 is 2.44 bits per heavy atom. The largest absolute Gasteiger partial charge is 0.454 e. The molecule has 0 atom stereocenters. The average molecular weight is 359 g/mol. The molecular weight excluding hydrogens is 338 g/mol. The highest BCUT2D eigenvalue weighted by Crippen LogP contribution is 2.36. The van der Waals surface area contributed by atoms with Crippen LogP contribution in [0.5, 0.6) is 11.5 Å². The smallest absolute Gasteiger partial charge is 0.255 e. The third-order valence-corrected chi connectivity index (χ3v) is 5.04. The number of aryl methyl sites for hydroxylation is 2. The van der Waals surface area contributed by atoms with Crippen LogP contribution in [0.3, 0.4) is 0 Å². The molecule has 0 spiro atoms. The maximum absolute atomic E-state index is 12.8. The number of nitrogens with one attached hydrogen (secondary N) is 1. The van der Waals surface area contributed by atoms with Gasteiger partial charge in [-0.1, -0.05) is 30.3 Å². The van der Waals surface area contributed by atoms with Gasteiger partial charge in [0.25, 0.3) is 5.91 Å². The second kappa shape index (κ2) is 6.80. The Morgan fingerprint density at radius 2 is 1.59 bits per heavy atom. The highest BCUT2D eigenvalue weighted by molar-refractivity contribution is 6.06. The van der Waals surface area contributed by atoms with Crippen LogP contribution in [-0.2, 0) is 0 Å². The van der Waals surface area contributed by atoms with E-state index in [4.69, 9.17) is 9.47 Å². The first-order chi connectivity index (χ1) is 13.0. The predicted molar refractivity (Wildman–Crippen MR) is 107 cm³/mol. The van der Waals surface area contributed by atoms with Gasteiger partial charge in [0, 0.05) is 11.3 Å². The van der Waals surface area contributed by atoms with Crippen molar-refractivity contribution in [3.63, 3.8) is 0 Å². The summed E-state index contributed by atoms with van der Waals surface area (Å²) in [6, 6.07) is 17.7. The van der Waals surface area contributed by atoms with Crippen LogP contribution in [0.25, 0.3) is 11.1 Å². The van der Waals surface area contributed by atoms with Crippen molar-refractivity contribution in [3.05, 3.63) is 76.9 Å². The van der Waals surface area contributed by atoms with Crippen LogP contribution in [0, 0.1) is 20.8 Å². The van der Waals surface area contributed by atoms with E-state index >= 15 is 0 Å². The Kier molecular flexibility index (Phi) is 4.32. The number of hydrogen-bond acceptors (Lipinski definition) is 3. The van der Waals surface area contributed by atoms with Crippen LogP contribution in [0.1, 0.15) is 27.0 Å². The molecule has 136 valence electrons. The molecule has 4 heteroatoms. The predicted octanol–water partition coefficient (Wildman–Crippen LogP) is 5.26. The molecule has 1 N–H and O–H groups in total. The second-order valence-electron chi connectivity index (χ2n) is 6.80. The molecule has 0 unspecified atom stereocenters. The summed E-state index contributed by atoms with van der Waals surface area (Å²) < 4.78 is 10.8. The molecule has 0 fully saturated rings. The molecule has 0 aliphatic carbocycles. The highest BCUT2D eigenvalue weighted by Gasteiger charge is 2.15. The van der Waals surface area contributed by atoms with Crippen molar-refractivity contribution in [2.45, 2.75) is 20.8 Å². The molecular formula is C23H21NO3. The van der Waals surface area contributed by atoms with Gasteiger partial charge in [-0.2, -0.15) is 0 Å². The van der Waals surface area contributed by atoms with Crippen molar-refractivity contribution in [1.29, 1.82) is 0 Å². The lowest BCUT2D eigenvalue weighted by Gasteiger charge is -2.13. The quantitative estimate of drug-likeness (QED) is 0.694. The van der Waals surface area contributed by atoms with Crippen LogP contribution >= 0.6 is 0 Å². The van der Waals surface area contributed by atoms with Crippen molar-refractivity contribution in [1.82, 2.24) is 0 Å². The number of carbonyl (C=O) groups excluding carboxylic acids is 1. The van der Waals surface area contributed by atoms with E-state index in [-0.39, 0.29) is 12.7 Å². The molecule has 4 rings (SSSR count). The van der Waals surface area contributed by atoms with Crippen molar-refractivity contribution >= 4 is 11.6 Å². The molecule has 3 aromatic rings. The molecule has 0 saturated heterocycles. The van der Waals surface area contributed by atoms with E-state index in [0.717, 1.165) is 45.0 Å². The van der Waals surface area contributed by atoms with Gasteiger partial charge in [0.1, 0.15) is 0 Å². The van der Waals surface area contributed by atoms with Crippen LogP contribution in [0.4, 0.5) is 5.69 Å². The number of amides is 1. The van der Waals surface area contributed by atoms with Gasteiger partial charge in [-0.05, 0) is 72.9 Å². The summed E-state index contributed by atoms with van der Waals surface area (Å²) >= 11 is 0. The van der Waals surface area contributed by atoms with Crippen molar-refractivity contribution in [3.8, 4) is 22.6 Å². The van der Waals surface area contributed by atoms with Crippen LogP contribution in [-0.4, -0.2) is 12.7 Å². The first kappa shape index (κ1) is 17.2. The minimum Gasteiger partial charge on any atom is -0.454 e. The summed E-state index contributed by atoms with van der Waals surface area (Å²) in [5, 5.41) is 3.06. The molecule has 1 aliphatic heterocycles. The minimum absolute atomic E-state index is 0.0952. The summed E-state index contributed by atoms with van der Waals surface area (Å²) in [6.45, 7) is 6.23. The van der Waals surface area contributed by atoms with E-state index in [1.807, 2.05) is 75.4 Å². The fraction of sp³-hybridized carbons (Fsp3) is 0.174. The van der Waals surface area contributed by atoms with Gasteiger partial charge in [0.05, 0.1) is 0 Å². The lowest BCUT2D eigenvalue weighted by atomic mass is 10.0. The van der Waals surface area contributed by atoms with E-state index in [1.54, 1.807) is 0 Å². The van der Waals surface area contributed by atoms with Gasteiger partial charge in [0.2, 0.25) is 6.79 Å². The first-order valence-electron chi connectivity index (χ1n) is 8.91. The number of anilines is 1. The number of ether oxygens (including phenoxy) is 2. The molecule has 27 heavy (non-hydrogen) atoms. The number of benzene rings is 3. The molecule has 1 amide bonds. The molecule has 1 aliphatic rings. The third-order valence-electron chi connectivity index (χ3n) is 5.04. The van der Waals surface area contributed by atoms with Crippen molar-refractivity contribution < 1.29 is 14.3 Å². The van der Waals surface area contributed by atoms with Crippen LogP contribution in [0.2, 0.25) is 0 Å². The molecule has 0 aromatic heterocycles. The maximum atomic E-state index is 12.8. The van der Waals surface area contributed by atoms with E-state index in [0.29, 0.717) is 5.56 Å². The number of fused-ring (bicyclic) bond motifs is 1. The SMILES string of the molecule is Cc1ccc(-c2ccc3c(c2)OCO3)cc1NC(=O)c1cccc(C)c1C. The minimum atomic E-state index is -0.0952. The summed E-state index contributed by atoms with van der Waals surface area (Å²) in [7, 11) is 0. The Morgan fingerprint density at radius 1 is 0.852 bits per heavy atom. The van der Waals surface area contributed by atoms with Gasteiger partial charge < -0.3 is 14.8 Å². The Hall–Kier alpha value is -3.27. The summed E-state index contributed by atoms with van der Waals surface area (Å²) in [6.07, 6.45) is 0. The normalized spacial score (nSPS) is 12.1. The maximum Gasteiger partial charge on any atom is 0.255 e. The summed E-state index contributed by atoms with van der Waals surface area (Å²) in [4.78, 5) is 12.8. The fourth-order valence-electron chi connectivity index (χ4n) is 3.20. The molecule has 0 radical (unpaired) electrons. The first-order valence-corrected chi connectivity index (χ1v) is 8.91. The van der Waals surface area contributed by atoms with Gasteiger partial charge >= 0.3 is 0 Å². The Bertz CT molecular complexity index is 1040. The molecule has 0 saturated carbocycles. The summed E-state index contributed by atoms with van der Waals surface area (Å²) in [5.74, 6) is 1.41. The monoisotopic (exact) mass is 359 g/mol. The lowest BCUT2D eigenvalue weighted by molar-refractivity contribution is 0.102. The Balaban J connectivity index is 1.65. The molecule has 0 bridgehead atoms. The molecule has 4 nitrogen and oxygen atoms in total. The Labute approximate surface area is 158 Å². The number of rotatable bonds is 3. The number of carbonyl (C=O) groups is 1. The molecule has 1 heterocycles. The van der Waals surface area contributed by atoms with Crippen LogP contribution in [0.15, 0.2) is 54.6 Å². The van der Waals surface area contributed by atoms with Crippen molar-refractivity contribution in [2.75, 3.05) is 12.1 Å². The van der Waals surface area contributed by atoms with Gasteiger partial charge in [0.15, 0.2) is 11.5 Å². The standard InChI is InChI=1S/C23H21NO3/c1-14-5-4-6-19(16(14)3)23(25)24-20-11-17(8-7-15(20)2)18-9-10-21-22(12-18)27-13-26-21/h4-12H,13H2,1-3H3,(H,24,25). The summed E-state index contributed by atoms with van der Waals surface area (Å²) in [5.41, 5.74) is 6.64. The second-order valence-corrected chi connectivity index (χ2v) is 6.80. The zero-order chi connectivity index (χ0) is 19.0. The average Bonchev–Trinajstić information content (AvgIpc) is 3.13. The third kappa shape index (κ3) is 3.26. The lowest BCUT2D eigenvalue weighted by Crippen LogP contribution is -2.14. The van der Waals surface area contributed by atoms with E-state index in [1.165, 1.54) is 0 Å². The van der Waals surface area contributed by atoms with E-state index in [9.17, 15) is 4.79 Å². The number of hydrogen-bond donors (Lipinski definition) is 1. The zero-order valence-electron chi connectivity index (χ0n) is 15.6.